The van der Waals surface area contributed by atoms with Crippen LogP contribution in [0.3, 0.4) is 0 Å². The van der Waals surface area contributed by atoms with E-state index in [0.29, 0.717) is 5.25 Å². The first-order valence-electron chi connectivity index (χ1n) is 6.23. The lowest BCUT2D eigenvalue weighted by molar-refractivity contribution is 0.661. The van der Waals surface area contributed by atoms with Gasteiger partial charge < -0.3 is 0 Å². The van der Waals surface area contributed by atoms with Crippen LogP contribution in [-0.4, -0.2) is 19.3 Å². The van der Waals surface area contributed by atoms with E-state index in [2.05, 4.69) is 38.1 Å². The average Bonchev–Trinajstić information content (AvgIpc) is 2.61. The summed E-state index contributed by atoms with van der Waals surface area (Å²) in [5, 5.41) is 0.542. The molecule has 1 aromatic rings. The van der Waals surface area contributed by atoms with Gasteiger partial charge in [0.15, 0.2) is 0 Å². The van der Waals surface area contributed by atoms with Crippen LogP contribution >= 0.6 is 11.8 Å². The van der Waals surface area contributed by atoms with Crippen LogP contribution < -0.4 is 0 Å². The predicted molar refractivity (Wildman–Crippen MR) is 77.8 cm³/mol. The van der Waals surface area contributed by atoms with Crippen LogP contribution in [0, 0.1) is 0 Å². The fraction of sp³-hybridized carbons (Fsp3) is 0.571. The zero-order chi connectivity index (χ0) is 12.3. The van der Waals surface area contributed by atoms with Gasteiger partial charge in [-0.25, -0.2) is 0 Å². The van der Waals surface area contributed by atoms with Crippen molar-refractivity contribution in [3.63, 3.8) is 0 Å². The summed E-state index contributed by atoms with van der Waals surface area (Å²) in [7, 11) is -0.677. The molecular weight excluding hydrogens is 248 g/mol. The first kappa shape index (κ1) is 13.2. The van der Waals surface area contributed by atoms with Gasteiger partial charge in [0.25, 0.3) is 0 Å². The number of hydrogen-bond donors (Lipinski definition) is 0. The van der Waals surface area contributed by atoms with E-state index in [1.165, 1.54) is 5.56 Å². The summed E-state index contributed by atoms with van der Waals surface area (Å²) in [5.41, 5.74) is 1.32. The van der Waals surface area contributed by atoms with E-state index in [4.69, 9.17) is 0 Å². The fourth-order valence-electron chi connectivity index (χ4n) is 2.43. The molecule has 1 nitrogen and oxygen atoms in total. The summed E-state index contributed by atoms with van der Waals surface area (Å²) in [6.07, 6.45) is 3.15. The second kappa shape index (κ2) is 5.57. The summed E-state index contributed by atoms with van der Waals surface area (Å²) in [5.74, 6) is 0.882. The number of rotatable bonds is 4. The molecule has 1 aliphatic rings. The van der Waals surface area contributed by atoms with Gasteiger partial charge in [-0.3, -0.25) is 4.21 Å². The zero-order valence-electron chi connectivity index (χ0n) is 10.5. The number of benzene rings is 1. The average molecular weight is 268 g/mol. The molecule has 1 aromatic carbocycles. The van der Waals surface area contributed by atoms with Crippen LogP contribution in [0.5, 0.6) is 0 Å². The quantitative estimate of drug-likeness (QED) is 0.830. The molecule has 1 heterocycles. The Balaban J connectivity index is 2.19. The van der Waals surface area contributed by atoms with Crippen LogP contribution in [0.2, 0.25) is 0 Å². The van der Waals surface area contributed by atoms with Crippen molar-refractivity contribution in [1.82, 2.24) is 0 Å². The topological polar surface area (TPSA) is 17.1 Å². The van der Waals surface area contributed by atoms with Crippen molar-refractivity contribution in [1.29, 1.82) is 0 Å². The van der Waals surface area contributed by atoms with Gasteiger partial charge >= 0.3 is 0 Å². The molecule has 1 unspecified atom stereocenters. The smallest absolute Gasteiger partial charge is 0.0951 e. The lowest BCUT2D eigenvalue weighted by Gasteiger charge is -2.29. The molecule has 0 aliphatic carbocycles. The molecule has 94 valence electrons. The van der Waals surface area contributed by atoms with Gasteiger partial charge in [-0.2, -0.15) is 0 Å². The van der Waals surface area contributed by atoms with Crippen LogP contribution in [0.1, 0.15) is 32.3 Å². The van der Waals surface area contributed by atoms with Gasteiger partial charge in [-0.1, -0.05) is 44.2 Å². The predicted octanol–water partition coefficient (Wildman–Crippen LogP) is 3.61. The molecule has 0 bridgehead atoms. The van der Waals surface area contributed by atoms with Crippen molar-refractivity contribution in [3.8, 4) is 0 Å². The minimum absolute atomic E-state index is 0.0322. The second-order valence-electron chi connectivity index (χ2n) is 4.89. The Morgan fingerprint density at radius 1 is 1.35 bits per heavy atom. The minimum atomic E-state index is -0.677. The summed E-state index contributed by atoms with van der Waals surface area (Å²) >= 11 is 1.91. The normalized spacial score (nSPS) is 28.8. The Morgan fingerprint density at radius 3 is 2.59 bits per heavy atom. The molecule has 1 saturated heterocycles. The Bertz CT molecular complexity index is 388. The lowest BCUT2D eigenvalue weighted by atomic mass is 10.1. The van der Waals surface area contributed by atoms with Gasteiger partial charge in [-0.15, -0.1) is 11.8 Å². The van der Waals surface area contributed by atoms with Crippen LogP contribution in [-0.2, 0) is 17.2 Å². The van der Waals surface area contributed by atoms with E-state index in [-0.39, 0.29) is 4.08 Å². The van der Waals surface area contributed by atoms with Crippen molar-refractivity contribution in [2.45, 2.75) is 42.4 Å². The molecular formula is C14H20OS2. The van der Waals surface area contributed by atoms with E-state index >= 15 is 0 Å². The van der Waals surface area contributed by atoms with Crippen molar-refractivity contribution in [2.75, 3.05) is 5.75 Å². The Morgan fingerprint density at radius 2 is 2.06 bits per heavy atom. The Kier molecular flexibility index (Phi) is 4.31. The molecule has 17 heavy (non-hydrogen) atoms. The van der Waals surface area contributed by atoms with Crippen molar-refractivity contribution >= 4 is 22.6 Å². The molecule has 2 rings (SSSR count). The highest BCUT2D eigenvalue weighted by Crippen LogP contribution is 2.44. The van der Waals surface area contributed by atoms with Crippen LogP contribution in [0.25, 0.3) is 0 Å². The highest BCUT2D eigenvalue weighted by atomic mass is 32.2. The molecule has 2 atom stereocenters. The molecule has 1 fully saturated rings. The van der Waals surface area contributed by atoms with E-state index in [1.54, 1.807) is 0 Å². The van der Waals surface area contributed by atoms with E-state index in [1.807, 2.05) is 17.8 Å². The van der Waals surface area contributed by atoms with Gasteiger partial charge in [0, 0.05) is 21.8 Å². The zero-order valence-corrected chi connectivity index (χ0v) is 12.2. The van der Waals surface area contributed by atoms with Crippen molar-refractivity contribution in [3.05, 3.63) is 35.9 Å². The van der Waals surface area contributed by atoms with Crippen LogP contribution in [0.4, 0.5) is 0 Å². The van der Waals surface area contributed by atoms with E-state index in [9.17, 15) is 4.21 Å². The third-order valence-electron chi connectivity index (χ3n) is 3.07. The molecule has 0 aromatic heterocycles. The van der Waals surface area contributed by atoms with Crippen molar-refractivity contribution < 1.29 is 4.21 Å². The molecule has 1 aliphatic heterocycles. The van der Waals surface area contributed by atoms with Crippen molar-refractivity contribution in [2.24, 2.45) is 0 Å². The number of thioether (sulfide) groups is 1. The fourth-order valence-corrected chi connectivity index (χ4v) is 6.54. The Hall–Kier alpha value is -0.280. The highest BCUT2D eigenvalue weighted by Gasteiger charge is 2.42. The molecule has 0 saturated carbocycles. The van der Waals surface area contributed by atoms with Crippen LogP contribution in [0.15, 0.2) is 30.3 Å². The molecule has 0 radical (unpaired) electrons. The third-order valence-corrected chi connectivity index (χ3v) is 7.00. The maximum atomic E-state index is 12.3. The van der Waals surface area contributed by atoms with Gasteiger partial charge in [0.05, 0.1) is 4.08 Å². The van der Waals surface area contributed by atoms with Gasteiger partial charge in [-0.05, 0) is 24.8 Å². The lowest BCUT2D eigenvalue weighted by Crippen LogP contribution is -2.30. The standard InChI is InChI=1S/C14H20OS2/c1-12(2)16-14(9-6-10-17(14)15)11-13-7-4-3-5-8-13/h3-5,7-8,12H,6,9-11H2,1-2H3/t14-,17?/m0/s1. The number of hydrogen-bond acceptors (Lipinski definition) is 2. The maximum absolute atomic E-state index is 12.3. The SMILES string of the molecule is CC(C)S[C@@]1(Cc2ccccc2)CCCS1=O. The summed E-state index contributed by atoms with van der Waals surface area (Å²) in [4.78, 5) is 0. The van der Waals surface area contributed by atoms with Gasteiger partial charge in [0.1, 0.15) is 0 Å². The highest BCUT2D eigenvalue weighted by molar-refractivity contribution is 8.13. The first-order valence-corrected chi connectivity index (χ1v) is 8.42. The molecule has 3 heteroatoms. The summed E-state index contributed by atoms with van der Waals surface area (Å²) in [6.45, 7) is 4.40. The third kappa shape index (κ3) is 3.14. The first-order chi connectivity index (χ1) is 8.12. The minimum Gasteiger partial charge on any atom is -0.258 e. The summed E-state index contributed by atoms with van der Waals surface area (Å²) in [6, 6.07) is 10.5. The van der Waals surface area contributed by atoms with E-state index < -0.39 is 10.8 Å². The van der Waals surface area contributed by atoms with E-state index in [0.717, 1.165) is 25.0 Å². The van der Waals surface area contributed by atoms with Gasteiger partial charge in [0.2, 0.25) is 0 Å². The second-order valence-corrected chi connectivity index (χ2v) is 8.99. The Labute approximate surface area is 111 Å². The maximum Gasteiger partial charge on any atom is 0.0951 e. The molecule has 0 N–H and O–H groups in total. The monoisotopic (exact) mass is 268 g/mol. The largest absolute Gasteiger partial charge is 0.258 e. The summed E-state index contributed by atoms with van der Waals surface area (Å²) < 4.78 is 12.3. The molecule has 0 amide bonds. The molecule has 0 spiro atoms.